The minimum absolute atomic E-state index is 0.0630. The maximum Gasteiger partial charge on any atom is 0.158 e. The van der Waals surface area contributed by atoms with Gasteiger partial charge in [-0.1, -0.05) is 36.6 Å². The average molecular weight is 310 g/mol. The van der Waals surface area contributed by atoms with E-state index in [9.17, 15) is 0 Å². The number of unbranched alkanes of at least 4 members (excludes halogenated alkanes) is 1. The van der Waals surface area contributed by atoms with Gasteiger partial charge in [0.05, 0.1) is 6.10 Å². The van der Waals surface area contributed by atoms with Crippen molar-refractivity contribution in [3.63, 3.8) is 0 Å². The molecule has 0 aliphatic carbocycles. The first kappa shape index (κ1) is 19.4. The maximum atomic E-state index is 8.88. The molecular formula is C19H34O3. The molecule has 1 N–H and O–H groups in total. The van der Waals surface area contributed by atoms with Crippen LogP contribution in [0.1, 0.15) is 65.7 Å². The Morgan fingerprint density at radius 2 is 2.05 bits per heavy atom. The van der Waals surface area contributed by atoms with E-state index >= 15 is 0 Å². The Morgan fingerprint density at radius 3 is 2.68 bits per heavy atom. The van der Waals surface area contributed by atoms with Crippen LogP contribution in [-0.2, 0) is 9.47 Å². The summed E-state index contributed by atoms with van der Waals surface area (Å²) in [4.78, 5) is 0. The lowest BCUT2D eigenvalue weighted by atomic mass is 9.91. The average Bonchev–Trinajstić information content (AvgIpc) is 2.90. The Balaban J connectivity index is 2.56. The summed E-state index contributed by atoms with van der Waals surface area (Å²) in [6.45, 7) is 6.82. The van der Waals surface area contributed by atoms with Crippen molar-refractivity contribution in [1.29, 1.82) is 0 Å². The van der Waals surface area contributed by atoms with E-state index < -0.39 is 0 Å². The predicted molar refractivity (Wildman–Crippen MR) is 91.8 cm³/mol. The highest BCUT2D eigenvalue weighted by atomic mass is 16.7. The van der Waals surface area contributed by atoms with E-state index in [0.717, 1.165) is 32.1 Å². The van der Waals surface area contributed by atoms with Crippen molar-refractivity contribution >= 4 is 0 Å². The maximum absolute atomic E-state index is 8.88. The molecule has 0 aromatic carbocycles. The first-order valence-corrected chi connectivity index (χ1v) is 8.72. The molecule has 128 valence electrons. The second-order valence-corrected chi connectivity index (χ2v) is 6.48. The molecule has 1 saturated heterocycles. The molecule has 0 spiro atoms. The van der Waals surface area contributed by atoms with Gasteiger partial charge in [0.25, 0.3) is 0 Å². The Kier molecular flexibility index (Phi) is 9.69. The molecule has 0 bridgehead atoms. The summed E-state index contributed by atoms with van der Waals surface area (Å²) in [7, 11) is 1.73. The minimum Gasteiger partial charge on any atom is -0.396 e. The van der Waals surface area contributed by atoms with Crippen LogP contribution in [-0.4, -0.2) is 31.2 Å². The molecule has 1 fully saturated rings. The number of rotatable bonds is 10. The van der Waals surface area contributed by atoms with Gasteiger partial charge in [0.2, 0.25) is 0 Å². The summed E-state index contributed by atoms with van der Waals surface area (Å²) < 4.78 is 11.4. The number of hydrogen-bond acceptors (Lipinski definition) is 3. The molecule has 0 amide bonds. The lowest BCUT2D eigenvalue weighted by molar-refractivity contribution is -0.105. The number of hydrogen-bond donors (Lipinski definition) is 1. The summed E-state index contributed by atoms with van der Waals surface area (Å²) in [5.74, 6) is 0.527. The Bertz CT molecular complexity index is 360. The molecule has 1 heterocycles. The number of aliphatic hydroxyl groups is 1. The van der Waals surface area contributed by atoms with Crippen LogP contribution in [0.15, 0.2) is 23.3 Å². The molecule has 1 aliphatic rings. The van der Waals surface area contributed by atoms with Crippen LogP contribution >= 0.6 is 0 Å². The Morgan fingerprint density at radius 1 is 1.27 bits per heavy atom. The third kappa shape index (κ3) is 7.08. The third-order valence-corrected chi connectivity index (χ3v) is 4.44. The molecule has 0 saturated carbocycles. The number of allylic oxidation sites excluding steroid dienone is 2. The highest BCUT2D eigenvalue weighted by Gasteiger charge is 2.33. The van der Waals surface area contributed by atoms with Gasteiger partial charge in [-0.25, -0.2) is 0 Å². The van der Waals surface area contributed by atoms with Crippen LogP contribution in [0.4, 0.5) is 0 Å². The molecule has 3 heteroatoms. The summed E-state index contributed by atoms with van der Waals surface area (Å²) in [6.07, 6.45) is 12.1. The smallest absolute Gasteiger partial charge is 0.158 e. The van der Waals surface area contributed by atoms with E-state index in [1.54, 1.807) is 7.11 Å². The quantitative estimate of drug-likeness (QED) is 0.599. The fourth-order valence-corrected chi connectivity index (χ4v) is 2.98. The van der Waals surface area contributed by atoms with Crippen LogP contribution in [0.25, 0.3) is 0 Å². The van der Waals surface area contributed by atoms with Gasteiger partial charge in [-0.05, 0) is 51.9 Å². The van der Waals surface area contributed by atoms with E-state index in [4.69, 9.17) is 14.6 Å². The Hall–Kier alpha value is -0.640. The lowest BCUT2D eigenvalue weighted by Crippen LogP contribution is -2.14. The van der Waals surface area contributed by atoms with E-state index in [1.807, 2.05) is 0 Å². The van der Waals surface area contributed by atoms with Gasteiger partial charge >= 0.3 is 0 Å². The molecule has 1 unspecified atom stereocenters. The second kappa shape index (κ2) is 11.0. The van der Waals surface area contributed by atoms with Gasteiger partial charge in [-0.2, -0.15) is 0 Å². The molecule has 1 aliphatic heterocycles. The van der Waals surface area contributed by atoms with Crippen LogP contribution in [0.3, 0.4) is 0 Å². The first-order chi connectivity index (χ1) is 10.6. The fourth-order valence-electron chi connectivity index (χ4n) is 2.98. The Labute approximate surface area is 136 Å². The normalized spacial score (nSPS) is 26.7. The van der Waals surface area contributed by atoms with Crippen molar-refractivity contribution in [2.75, 3.05) is 13.7 Å². The summed E-state index contributed by atoms with van der Waals surface area (Å²) in [5, 5.41) is 8.88. The van der Waals surface area contributed by atoms with Crippen molar-refractivity contribution in [3.05, 3.63) is 23.3 Å². The predicted octanol–water partition coefficient (Wildman–Crippen LogP) is 4.61. The third-order valence-electron chi connectivity index (χ3n) is 4.44. The molecule has 0 aromatic heterocycles. The SMILES string of the molecule is CCCC/C(C)=C/[C@H]1OC(OC)C[C@@H]1CC/C(C)=C/CCO. The lowest BCUT2D eigenvalue weighted by Gasteiger charge is -2.16. The number of ether oxygens (including phenoxy) is 2. The zero-order chi connectivity index (χ0) is 16.4. The zero-order valence-corrected chi connectivity index (χ0v) is 14.8. The monoisotopic (exact) mass is 310 g/mol. The summed E-state index contributed by atoms with van der Waals surface area (Å²) in [6, 6.07) is 0. The van der Waals surface area contributed by atoms with Crippen molar-refractivity contribution in [2.24, 2.45) is 5.92 Å². The highest BCUT2D eigenvalue weighted by Crippen LogP contribution is 2.33. The summed E-state index contributed by atoms with van der Waals surface area (Å²) >= 11 is 0. The molecule has 1 rings (SSSR count). The number of methoxy groups -OCH3 is 1. The molecular weight excluding hydrogens is 276 g/mol. The van der Waals surface area contributed by atoms with Gasteiger partial charge in [0.1, 0.15) is 0 Å². The van der Waals surface area contributed by atoms with Crippen LogP contribution in [0.5, 0.6) is 0 Å². The van der Waals surface area contributed by atoms with Crippen molar-refractivity contribution < 1.29 is 14.6 Å². The van der Waals surface area contributed by atoms with E-state index in [-0.39, 0.29) is 19.0 Å². The molecule has 0 aromatic rings. The van der Waals surface area contributed by atoms with Crippen LogP contribution < -0.4 is 0 Å². The van der Waals surface area contributed by atoms with Crippen molar-refractivity contribution in [2.45, 2.75) is 78.1 Å². The highest BCUT2D eigenvalue weighted by molar-refractivity contribution is 5.06. The van der Waals surface area contributed by atoms with E-state index in [1.165, 1.54) is 24.0 Å². The van der Waals surface area contributed by atoms with Crippen molar-refractivity contribution in [1.82, 2.24) is 0 Å². The molecule has 3 atom stereocenters. The molecule has 3 nitrogen and oxygen atoms in total. The molecule has 0 radical (unpaired) electrons. The van der Waals surface area contributed by atoms with Crippen LogP contribution in [0.2, 0.25) is 0 Å². The second-order valence-electron chi connectivity index (χ2n) is 6.48. The van der Waals surface area contributed by atoms with Gasteiger partial charge in [0, 0.05) is 20.1 Å². The minimum atomic E-state index is -0.0630. The molecule has 22 heavy (non-hydrogen) atoms. The zero-order valence-electron chi connectivity index (χ0n) is 14.8. The van der Waals surface area contributed by atoms with Gasteiger partial charge in [-0.15, -0.1) is 0 Å². The van der Waals surface area contributed by atoms with Gasteiger partial charge in [0.15, 0.2) is 6.29 Å². The van der Waals surface area contributed by atoms with Crippen LogP contribution in [0, 0.1) is 5.92 Å². The standard InChI is InChI=1S/C19H34O3/c1-5-6-8-16(3)13-18-17(14-19(21-4)22-18)11-10-15(2)9-7-12-20/h9,13,17-20H,5-8,10-12,14H2,1-4H3/b15-9+,16-13+/t17-,18+,19?/m0/s1. The largest absolute Gasteiger partial charge is 0.396 e. The fraction of sp³-hybridized carbons (Fsp3) is 0.789. The first-order valence-electron chi connectivity index (χ1n) is 8.72. The van der Waals surface area contributed by atoms with E-state index in [2.05, 4.69) is 32.9 Å². The van der Waals surface area contributed by atoms with Gasteiger partial charge < -0.3 is 14.6 Å². The topological polar surface area (TPSA) is 38.7 Å². The number of aliphatic hydroxyl groups excluding tert-OH is 1. The summed E-state index contributed by atoms with van der Waals surface area (Å²) in [5.41, 5.74) is 2.79. The van der Waals surface area contributed by atoms with E-state index in [0.29, 0.717) is 5.92 Å². The van der Waals surface area contributed by atoms with Crippen molar-refractivity contribution in [3.8, 4) is 0 Å². The van der Waals surface area contributed by atoms with Gasteiger partial charge in [-0.3, -0.25) is 0 Å².